The minimum atomic E-state index is -0.492. The molecule has 0 saturated heterocycles. The molecule has 0 bridgehead atoms. The van der Waals surface area contributed by atoms with Gasteiger partial charge in [0.05, 0.1) is 73.3 Å². The number of nitrogens with zero attached hydrogens (tertiary/aromatic N) is 11. The van der Waals surface area contributed by atoms with E-state index in [0.29, 0.717) is 0 Å². The van der Waals surface area contributed by atoms with Crippen LogP contribution in [0.3, 0.4) is 0 Å². The van der Waals surface area contributed by atoms with Crippen molar-refractivity contribution in [3.63, 3.8) is 0 Å². The number of nitriles is 6. The van der Waals surface area contributed by atoms with Gasteiger partial charge in [-0.1, -0.05) is 24.3 Å². The third-order valence-corrected chi connectivity index (χ3v) is 7.64. The van der Waals surface area contributed by atoms with E-state index in [-0.39, 0.29) is 95.0 Å². The normalized spacial score (nSPS) is 13.9. The van der Waals surface area contributed by atoms with Gasteiger partial charge in [0, 0.05) is 16.7 Å². The predicted molar refractivity (Wildman–Crippen MR) is 170 cm³/mol. The fourth-order valence-corrected chi connectivity index (χ4v) is 5.76. The monoisotopic (exact) mass is 605 g/mol. The first-order valence-corrected chi connectivity index (χ1v) is 13.1. The van der Waals surface area contributed by atoms with Crippen LogP contribution in [0.15, 0.2) is 53.9 Å². The van der Waals surface area contributed by atoms with E-state index in [1.165, 1.54) is 42.5 Å². The summed E-state index contributed by atoms with van der Waals surface area (Å²) in [6, 6.07) is 21.3. The molecule has 0 radical (unpaired) electrons. The Labute approximate surface area is 273 Å². The van der Waals surface area contributed by atoms with Gasteiger partial charge in [0.2, 0.25) is 5.70 Å². The Morgan fingerprint density at radius 1 is 0.542 bits per heavy atom. The van der Waals surface area contributed by atoms with Gasteiger partial charge in [-0.05, 0) is 57.2 Å². The third-order valence-electron chi connectivity index (χ3n) is 7.64. The second-order valence-electron chi connectivity index (χ2n) is 9.71. The van der Waals surface area contributed by atoms with Gasteiger partial charge in [-0.2, -0.15) is 21.0 Å². The van der Waals surface area contributed by atoms with Crippen LogP contribution in [0.25, 0.3) is 57.8 Å². The Morgan fingerprint density at radius 2 is 1.17 bits per heavy atom. The number of benzene rings is 3. The summed E-state index contributed by atoms with van der Waals surface area (Å²) >= 11 is 0. The Morgan fingerprint density at radius 3 is 1.71 bits per heavy atom. The molecule has 2 aliphatic rings. The summed E-state index contributed by atoms with van der Waals surface area (Å²) < 4.78 is 0. The molecule has 11 heteroatoms. The highest BCUT2D eigenvalue weighted by atomic mass is 14.8. The van der Waals surface area contributed by atoms with Crippen LogP contribution in [0.1, 0.15) is 50.1 Å². The molecule has 3 aromatic carbocycles. The molecule has 0 aliphatic heterocycles. The second kappa shape index (κ2) is 11.9. The average Bonchev–Trinajstić information content (AvgIpc) is 3.63. The van der Waals surface area contributed by atoms with Crippen molar-refractivity contribution in [2.24, 2.45) is 0 Å². The lowest BCUT2D eigenvalue weighted by Gasteiger charge is -2.14. The molecule has 0 atom stereocenters. The molecule has 11 nitrogen and oxygen atoms in total. The lowest BCUT2D eigenvalue weighted by atomic mass is 9.87. The second-order valence-corrected chi connectivity index (χ2v) is 9.71. The molecule has 3 aromatic rings. The van der Waals surface area contributed by atoms with E-state index in [1.54, 1.807) is 0 Å². The molecule has 0 N–H and O–H groups in total. The molecule has 0 unspecified atom stereocenters. The summed E-state index contributed by atoms with van der Waals surface area (Å²) in [7, 11) is 0. The zero-order valence-corrected chi connectivity index (χ0v) is 24.0. The maximum atomic E-state index is 10.7. The zero-order chi connectivity index (χ0) is 34.7. The molecule has 0 spiro atoms. The van der Waals surface area contributed by atoms with Crippen LogP contribution in [-0.2, 0) is 0 Å². The van der Waals surface area contributed by atoms with Crippen molar-refractivity contribution in [2.75, 3.05) is 0 Å². The highest BCUT2D eigenvalue weighted by Gasteiger charge is 2.40. The Bertz CT molecular complexity index is 2690. The summed E-state index contributed by atoms with van der Waals surface area (Å²) in [4.78, 5) is 17.2. The first kappa shape index (κ1) is 30.5. The first-order chi connectivity index (χ1) is 23.4. The van der Waals surface area contributed by atoms with Crippen LogP contribution < -0.4 is 0 Å². The molecule has 2 aliphatic carbocycles. The van der Waals surface area contributed by atoms with Crippen LogP contribution in [-0.4, -0.2) is 0 Å². The van der Waals surface area contributed by atoms with E-state index in [2.05, 4.69) is 36.4 Å². The van der Waals surface area contributed by atoms with E-state index in [1.807, 2.05) is 24.3 Å². The topological polar surface area (TPSA) is 165 Å². The number of allylic oxidation sites excluding steroid dienone is 7. The average molecular weight is 606 g/mol. The molecular formula is C37H7N11. The van der Waals surface area contributed by atoms with E-state index >= 15 is 0 Å². The molecule has 0 saturated carbocycles. The van der Waals surface area contributed by atoms with Crippen molar-refractivity contribution in [3.05, 3.63) is 161 Å². The summed E-state index contributed by atoms with van der Waals surface area (Å²) in [5, 5.41) is 60.4. The molecule has 210 valence electrons. The Kier molecular flexibility index (Phi) is 7.58. The van der Waals surface area contributed by atoms with Gasteiger partial charge < -0.3 is 0 Å². The minimum absolute atomic E-state index is 0.00788. The highest BCUT2D eigenvalue weighted by Crippen LogP contribution is 2.57. The summed E-state index contributed by atoms with van der Waals surface area (Å²) in [6.45, 7) is 38.6. The lowest BCUT2D eigenvalue weighted by molar-refractivity contribution is 1.41. The van der Waals surface area contributed by atoms with Gasteiger partial charge in [-0.25, -0.2) is 25.1 Å². The fraction of sp³-hybridized carbons (Fsp3) is 0. The van der Waals surface area contributed by atoms with E-state index in [0.717, 1.165) is 0 Å². The van der Waals surface area contributed by atoms with Crippen molar-refractivity contribution in [1.29, 1.82) is 31.6 Å². The van der Waals surface area contributed by atoms with Crippen LogP contribution >= 0.6 is 0 Å². The fourth-order valence-electron chi connectivity index (χ4n) is 5.76. The quantitative estimate of drug-likeness (QED) is 0.212. The Balaban J connectivity index is 2.02. The maximum Gasteiger partial charge on any atom is 0.270 e. The largest absolute Gasteiger partial charge is 0.270 e. The van der Waals surface area contributed by atoms with E-state index in [4.69, 9.17) is 32.9 Å². The SMILES string of the molecule is [C-]#[N+]C1=C(c2ccc([N+]#[C-])c([N+]#[C-])c2)/C(=C(/C#N)[N+]#[C-])c2cc3c(c(C#N)c21)/C(=C(/C#N)[N+]#[C-])C(c1ccc(C#N)c(C#N)c1)=C3C#N. The smallest absolute Gasteiger partial charge is 0.250 e. The van der Waals surface area contributed by atoms with Gasteiger partial charge in [0.1, 0.15) is 18.2 Å². The molecule has 0 aromatic heterocycles. The van der Waals surface area contributed by atoms with Crippen molar-refractivity contribution < 1.29 is 0 Å². The van der Waals surface area contributed by atoms with E-state index in [9.17, 15) is 31.6 Å². The standard InChI is InChI=1S/C37H7N11/c1-44-27-9-8-20(11-28(27)45-2)32-35(29(17-42)46-3)24-12-23-25(15-40)31(19-6-7-21(13-38)22(10-19)14-39)36(30(18-43)47-4)33(23)26(16-41)34(24)37(32)48-5/h6-12H/b35-29-,36-30-. The van der Waals surface area contributed by atoms with Crippen LogP contribution in [0.5, 0.6) is 0 Å². The highest BCUT2D eigenvalue weighted by molar-refractivity contribution is 6.30. The molecule has 5 rings (SSSR count). The molecular weight excluding hydrogens is 598 g/mol. The van der Waals surface area contributed by atoms with Gasteiger partial charge in [0.25, 0.3) is 11.4 Å². The summed E-state index contributed by atoms with van der Waals surface area (Å²) in [6.07, 6.45) is 0. The number of hydrogen-bond donors (Lipinski definition) is 0. The summed E-state index contributed by atoms with van der Waals surface area (Å²) in [5.74, 6) is 0. The number of hydrogen-bond acceptors (Lipinski definition) is 6. The molecule has 48 heavy (non-hydrogen) atoms. The number of fused-ring (bicyclic) bond motifs is 2. The first-order valence-electron chi connectivity index (χ1n) is 13.1. The van der Waals surface area contributed by atoms with Gasteiger partial charge >= 0.3 is 0 Å². The van der Waals surface area contributed by atoms with Crippen molar-refractivity contribution in [1.82, 2.24) is 0 Å². The van der Waals surface area contributed by atoms with Crippen LogP contribution in [0, 0.1) is 101 Å². The van der Waals surface area contributed by atoms with Gasteiger partial charge in [0.15, 0.2) is 11.4 Å². The third kappa shape index (κ3) is 4.19. The predicted octanol–water partition coefficient (Wildman–Crippen LogP) is 7.96. The van der Waals surface area contributed by atoms with Crippen LogP contribution in [0.4, 0.5) is 11.4 Å². The molecule has 0 amide bonds. The van der Waals surface area contributed by atoms with Crippen molar-refractivity contribution >= 4 is 44.9 Å². The van der Waals surface area contributed by atoms with Crippen LogP contribution in [0.2, 0.25) is 0 Å². The molecule has 0 heterocycles. The van der Waals surface area contributed by atoms with Gasteiger partial charge in [-0.3, -0.25) is 9.69 Å². The Hall–Kier alpha value is -8.99. The van der Waals surface area contributed by atoms with Gasteiger partial charge in [-0.15, -0.1) is 0 Å². The minimum Gasteiger partial charge on any atom is -0.250 e. The maximum absolute atomic E-state index is 10.7. The summed E-state index contributed by atoms with van der Waals surface area (Å²) in [5.41, 5.74) is -0.877. The van der Waals surface area contributed by atoms with Crippen molar-refractivity contribution in [3.8, 4) is 36.4 Å². The zero-order valence-electron chi connectivity index (χ0n) is 24.0. The molecule has 0 fully saturated rings. The van der Waals surface area contributed by atoms with Crippen molar-refractivity contribution in [2.45, 2.75) is 0 Å². The van der Waals surface area contributed by atoms with E-state index < -0.39 is 11.4 Å². The number of rotatable bonds is 2. The lowest BCUT2D eigenvalue weighted by Crippen LogP contribution is -2.00.